The average molecular weight is 373 g/mol. The predicted molar refractivity (Wildman–Crippen MR) is 104 cm³/mol. The smallest absolute Gasteiger partial charge is 0.195 e. The summed E-state index contributed by atoms with van der Waals surface area (Å²) in [5, 5.41) is 11.9. The first kappa shape index (κ1) is 17.6. The Morgan fingerprint density at radius 2 is 2.07 bits per heavy atom. The number of nitrogens with zero attached hydrogens (tertiary/aromatic N) is 7. The third kappa shape index (κ3) is 3.52. The summed E-state index contributed by atoms with van der Waals surface area (Å²) in [5.74, 6) is 1.91. The topological polar surface area (TPSA) is 83.5 Å². The molecule has 4 rings (SSSR count). The third-order valence-corrected chi connectivity index (χ3v) is 4.34. The Hall–Kier alpha value is -3.81. The summed E-state index contributed by atoms with van der Waals surface area (Å²) in [6.45, 7) is 6.43. The summed E-state index contributed by atoms with van der Waals surface area (Å²) in [6.07, 6.45) is 7.91. The first-order chi connectivity index (χ1) is 13.8. The molecular formula is C20H19N7O. The van der Waals surface area contributed by atoms with Crippen LogP contribution in [0.1, 0.15) is 23.9 Å². The van der Waals surface area contributed by atoms with Crippen LogP contribution in [0.4, 0.5) is 0 Å². The third-order valence-electron chi connectivity index (χ3n) is 4.34. The molecule has 0 amide bonds. The van der Waals surface area contributed by atoms with E-state index in [1.807, 2.05) is 47.2 Å². The molecule has 0 aliphatic carbocycles. The van der Waals surface area contributed by atoms with Crippen molar-refractivity contribution >= 4 is 5.70 Å². The second-order valence-corrected chi connectivity index (χ2v) is 6.08. The van der Waals surface area contributed by atoms with Crippen LogP contribution in [0.15, 0.2) is 67.9 Å². The van der Waals surface area contributed by atoms with Gasteiger partial charge < -0.3 is 9.30 Å². The van der Waals surface area contributed by atoms with E-state index >= 15 is 0 Å². The lowest BCUT2D eigenvalue weighted by Gasteiger charge is -2.13. The van der Waals surface area contributed by atoms with Gasteiger partial charge in [0.2, 0.25) is 0 Å². The molecule has 140 valence electrons. The quantitative estimate of drug-likeness (QED) is 0.495. The Kier molecular flexibility index (Phi) is 4.92. The minimum absolute atomic E-state index is 0.194. The van der Waals surface area contributed by atoms with Crippen LogP contribution in [0, 0.1) is 0 Å². The van der Waals surface area contributed by atoms with Crippen molar-refractivity contribution in [3.05, 3.63) is 84.8 Å². The maximum atomic E-state index is 6.03. The Morgan fingerprint density at radius 1 is 1.18 bits per heavy atom. The van der Waals surface area contributed by atoms with Gasteiger partial charge in [0.05, 0.1) is 12.0 Å². The van der Waals surface area contributed by atoms with E-state index in [0.717, 1.165) is 23.2 Å². The number of para-hydroxylation sites is 1. The van der Waals surface area contributed by atoms with Crippen LogP contribution < -0.4 is 4.74 Å². The molecule has 28 heavy (non-hydrogen) atoms. The van der Waals surface area contributed by atoms with Gasteiger partial charge in [0.1, 0.15) is 12.4 Å². The molecule has 0 aliphatic rings. The SMILES string of the molecule is C=C(c1ccccc1OCc1nnnn1-c1cc(CC)ccn1)n1ccnc1. The van der Waals surface area contributed by atoms with E-state index < -0.39 is 0 Å². The van der Waals surface area contributed by atoms with Crippen molar-refractivity contribution in [3.63, 3.8) is 0 Å². The van der Waals surface area contributed by atoms with Crippen molar-refractivity contribution in [1.29, 1.82) is 0 Å². The van der Waals surface area contributed by atoms with E-state index in [1.165, 1.54) is 0 Å². The summed E-state index contributed by atoms with van der Waals surface area (Å²) in [5.41, 5.74) is 2.80. The predicted octanol–water partition coefficient (Wildman–Crippen LogP) is 2.91. The minimum atomic E-state index is 0.194. The first-order valence-corrected chi connectivity index (χ1v) is 8.88. The van der Waals surface area contributed by atoms with E-state index in [9.17, 15) is 0 Å². The lowest BCUT2D eigenvalue weighted by atomic mass is 10.1. The fourth-order valence-electron chi connectivity index (χ4n) is 2.80. The fraction of sp³-hybridized carbons (Fsp3) is 0.150. The number of hydrogen-bond acceptors (Lipinski definition) is 6. The number of tetrazole rings is 1. The van der Waals surface area contributed by atoms with E-state index in [0.29, 0.717) is 17.4 Å². The highest BCUT2D eigenvalue weighted by atomic mass is 16.5. The van der Waals surface area contributed by atoms with Gasteiger partial charge in [-0.1, -0.05) is 25.6 Å². The van der Waals surface area contributed by atoms with Crippen LogP contribution in [0.25, 0.3) is 11.5 Å². The van der Waals surface area contributed by atoms with E-state index in [4.69, 9.17) is 4.74 Å². The summed E-state index contributed by atoms with van der Waals surface area (Å²) >= 11 is 0. The zero-order valence-corrected chi connectivity index (χ0v) is 15.4. The Bertz CT molecular complexity index is 1090. The molecule has 1 aromatic carbocycles. The fourth-order valence-corrected chi connectivity index (χ4v) is 2.80. The molecule has 0 N–H and O–H groups in total. The van der Waals surface area contributed by atoms with E-state index in [-0.39, 0.29) is 6.61 Å². The van der Waals surface area contributed by atoms with Crippen LogP contribution in [-0.2, 0) is 13.0 Å². The van der Waals surface area contributed by atoms with Gasteiger partial charge in [-0.25, -0.2) is 9.97 Å². The molecule has 0 atom stereocenters. The molecule has 0 aliphatic heterocycles. The van der Waals surface area contributed by atoms with Crippen LogP contribution in [0.2, 0.25) is 0 Å². The van der Waals surface area contributed by atoms with Crippen molar-refractivity contribution < 1.29 is 4.74 Å². The number of imidazole rings is 1. The lowest BCUT2D eigenvalue weighted by molar-refractivity contribution is 0.291. The van der Waals surface area contributed by atoms with Gasteiger partial charge in [0.15, 0.2) is 11.6 Å². The maximum absolute atomic E-state index is 6.03. The molecular weight excluding hydrogens is 354 g/mol. The van der Waals surface area contributed by atoms with Gasteiger partial charge in [-0.15, -0.1) is 5.10 Å². The van der Waals surface area contributed by atoms with Crippen LogP contribution >= 0.6 is 0 Å². The first-order valence-electron chi connectivity index (χ1n) is 8.88. The Morgan fingerprint density at radius 3 is 2.89 bits per heavy atom. The van der Waals surface area contributed by atoms with E-state index in [1.54, 1.807) is 23.4 Å². The molecule has 3 aromatic heterocycles. The molecule has 3 heterocycles. The standard InChI is InChI=1S/C20H19N7O/c1-3-16-8-9-22-19(12-16)27-20(23-24-25-27)13-28-18-7-5-4-6-17(18)15(2)26-11-10-21-14-26/h4-12,14H,2-3,13H2,1H3. The molecule has 0 spiro atoms. The van der Waals surface area contributed by atoms with Gasteiger partial charge in [-0.2, -0.15) is 4.68 Å². The number of aryl methyl sites for hydroxylation is 1. The largest absolute Gasteiger partial charge is 0.485 e. The number of rotatable bonds is 7. The molecule has 0 radical (unpaired) electrons. The summed E-state index contributed by atoms with van der Waals surface area (Å²) < 4.78 is 9.46. The van der Waals surface area contributed by atoms with Gasteiger partial charge in [0, 0.05) is 24.2 Å². The highest BCUT2D eigenvalue weighted by Crippen LogP contribution is 2.26. The van der Waals surface area contributed by atoms with Gasteiger partial charge >= 0.3 is 0 Å². The second kappa shape index (κ2) is 7.83. The highest BCUT2D eigenvalue weighted by Gasteiger charge is 2.13. The Labute approximate surface area is 162 Å². The molecule has 0 unspecified atom stereocenters. The molecule has 0 saturated heterocycles. The molecule has 4 aromatic rings. The van der Waals surface area contributed by atoms with Gasteiger partial charge in [-0.05, 0) is 46.7 Å². The zero-order chi connectivity index (χ0) is 19.3. The molecule has 0 fully saturated rings. The summed E-state index contributed by atoms with van der Waals surface area (Å²) in [7, 11) is 0. The molecule has 8 nitrogen and oxygen atoms in total. The summed E-state index contributed by atoms with van der Waals surface area (Å²) in [6, 6.07) is 11.6. The molecule has 0 saturated carbocycles. The lowest BCUT2D eigenvalue weighted by Crippen LogP contribution is -2.09. The normalized spacial score (nSPS) is 10.8. The van der Waals surface area contributed by atoms with Crippen LogP contribution in [0.5, 0.6) is 5.75 Å². The number of ether oxygens (including phenoxy) is 1. The van der Waals surface area contributed by atoms with Crippen molar-refractivity contribution in [2.24, 2.45) is 0 Å². The zero-order valence-electron chi connectivity index (χ0n) is 15.4. The monoisotopic (exact) mass is 373 g/mol. The number of aromatic nitrogens is 7. The van der Waals surface area contributed by atoms with Gasteiger partial charge in [-0.3, -0.25) is 0 Å². The second-order valence-electron chi connectivity index (χ2n) is 6.08. The van der Waals surface area contributed by atoms with Gasteiger partial charge in [0.25, 0.3) is 0 Å². The van der Waals surface area contributed by atoms with Crippen LogP contribution in [-0.4, -0.2) is 34.7 Å². The van der Waals surface area contributed by atoms with Crippen molar-refractivity contribution in [2.45, 2.75) is 20.0 Å². The van der Waals surface area contributed by atoms with Crippen molar-refractivity contribution in [2.75, 3.05) is 0 Å². The average Bonchev–Trinajstić information content (AvgIpc) is 3.44. The minimum Gasteiger partial charge on any atom is -0.485 e. The summed E-state index contributed by atoms with van der Waals surface area (Å²) in [4.78, 5) is 8.43. The maximum Gasteiger partial charge on any atom is 0.195 e. The molecule has 8 heteroatoms. The number of pyridine rings is 1. The Balaban J connectivity index is 1.57. The van der Waals surface area contributed by atoms with Crippen LogP contribution in [0.3, 0.4) is 0 Å². The number of benzene rings is 1. The molecule has 0 bridgehead atoms. The number of hydrogen-bond donors (Lipinski definition) is 0. The van der Waals surface area contributed by atoms with E-state index in [2.05, 4.69) is 39.0 Å². The highest BCUT2D eigenvalue weighted by molar-refractivity contribution is 5.68. The van der Waals surface area contributed by atoms with Crippen molar-refractivity contribution in [1.82, 2.24) is 34.7 Å². The van der Waals surface area contributed by atoms with Crippen molar-refractivity contribution in [3.8, 4) is 11.6 Å².